The van der Waals surface area contributed by atoms with Gasteiger partial charge in [0.05, 0.1) is 7.11 Å². The summed E-state index contributed by atoms with van der Waals surface area (Å²) in [4.78, 5) is 34.7. The van der Waals surface area contributed by atoms with Crippen LogP contribution in [0.25, 0.3) is 0 Å². The molecule has 1 fully saturated rings. The van der Waals surface area contributed by atoms with Crippen LogP contribution in [-0.4, -0.2) is 42.4 Å². The number of carbonyl (C=O) groups excluding carboxylic acids is 3. The Morgan fingerprint density at radius 3 is 2.53 bits per heavy atom. The first kappa shape index (κ1) is 11.5. The fraction of sp³-hybridized carbons (Fsp3) is 0.667. The summed E-state index contributed by atoms with van der Waals surface area (Å²) in [6.45, 7) is 0.377. The van der Waals surface area contributed by atoms with Crippen LogP contribution in [0.3, 0.4) is 0 Å². The normalized spacial score (nSPS) is 20.9. The van der Waals surface area contributed by atoms with E-state index in [-0.39, 0.29) is 0 Å². The summed E-state index contributed by atoms with van der Waals surface area (Å²) in [5.74, 6) is -2.32. The smallest absolute Gasteiger partial charge is 0.396 e. The van der Waals surface area contributed by atoms with E-state index in [1.165, 1.54) is 4.90 Å². The third-order valence-electron chi connectivity index (χ3n) is 2.45. The zero-order valence-corrected chi connectivity index (χ0v) is 8.56. The molecule has 1 heterocycles. The summed E-state index contributed by atoms with van der Waals surface area (Å²) in [5.41, 5.74) is 5.15. The van der Waals surface area contributed by atoms with Gasteiger partial charge >= 0.3 is 11.9 Å². The summed E-state index contributed by atoms with van der Waals surface area (Å²) in [5, 5.41) is 0. The van der Waals surface area contributed by atoms with Gasteiger partial charge in [-0.1, -0.05) is 0 Å². The summed E-state index contributed by atoms with van der Waals surface area (Å²) >= 11 is 0. The average Bonchev–Trinajstić information content (AvgIpc) is 2.27. The molecule has 1 saturated heterocycles. The van der Waals surface area contributed by atoms with Gasteiger partial charge in [0.2, 0.25) is 5.91 Å². The molecule has 6 heteroatoms. The number of primary amides is 1. The Labute approximate surface area is 87.4 Å². The second kappa shape index (κ2) is 4.77. The Morgan fingerprint density at radius 2 is 2.00 bits per heavy atom. The van der Waals surface area contributed by atoms with Crippen LogP contribution in [0.2, 0.25) is 0 Å². The van der Waals surface area contributed by atoms with Gasteiger partial charge in [-0.3, -0.25) is 9.59 Å². The van der Waals surface area contributed by atoms with Crippen LogP contribution >= 0.6 is 0 Å². The number of ether oxygens (including phenoxy) is 1. The van der Waals surface area contributed by atoms with E-state index >= 15 is 0 Å². The Bertz CT molecular complexity index is 290. The minimum absolute atomic E-state index is 0.377. The number of hydrogen-bond donors (Lipinski definition) is 1. The predicted molar refractivity (Wildman–Crippen MR) is 50.6 cm³/mol. The molecule has 0 aromatic heterocycles. The van der Waals surface area contributed by atoms with Crippen LogP contribution in [0.15, 0.2) is 0 Å². The average molecular weight is 214 g/mol. The van der Waals surface area contributed by atoms with Crippen LogP contribution in [0.5, 0.6) is 0 Å². The first-order valence-electron chi connectivity index (χ1n) is 4.76. The summed E-state index contributed by atoms with van der Waals surface area (Å²) < 4.78 is 4.31. The molecule has 84 valence electrons. The van der Waals surface area contributed by atoms with E-state index in [0.29, 0.717) is 13.0 Å². The third-order valence-corrected chi connectivity index (χ3v) is 2.45. The molecule has 0 radical (unpaired) electrons. The van der Waals surface area contributed by atoms with Gasteiger partial charge in [0.25, 0.3) is 0 Å². The van der Waals surface area contributed by atoms with Crippen molar-refractivity contribution in [2.45, 2.75) is 25.3 Å². The third kappa shape index (κ3) is 2.45. The van der Waals surface area contributed by atoms with Crippen molar-refractivity contribution in [3.05, 3.63) is 0 Å². The van der Waals surface area contributed by atoms with Gasteiger partial charge in [0.1, 0.15) is 6.04 Å². The van der Waals surface area contributed by atoms with Gasteiger partial charge in [-0.15, -0.1) is 0 Å². The highest BCUT2D eigenvalue weighted by atomic mass is 16.5. The second-order valence-electron chi connectivity index (χ2n) is 3.40. The Balaban J connectivity index is 2.76. The number of hydrogen-bond acceptors (Lipinski definition) is 4. The second-order valence-corrected chi connectivity index (χ2v) is 3.40. The van der Waals surface area contributed by atoms with E-state index in [9.17, 15) is 14.4 Å². The van der Waals surface area contributed by atoms with Crippen molar-refractivity contribution in [3.63, 3.8) is 0 Å². The largest absolute Gasteiger partial charge is 0.462 e. The maximum absolute atomic E-state index is 11.5. The van der Waals surface area contributed by atoms with E-state index in [1.807, 2.05) is 0 Å². The fourth-order valence-electron chi connectivity index (χ4n) is 1.68. The molecule has 6 nitrogen and oxygen atoms in total. The molecule has 0 aliphatic carbocycles. The lowest BCUT2D eigenvalue weighted by molar-refractivity contribution is -0.161. The first-order valence-corrected chi connectivity index (χ1v) is 4.76. The molecular formula is C9H14N2O4. The Morgan fingerprint density at radius 1 is 1.33 bits per heavy atom. The number of nitrogens with zero attached hydrogens (tertiary/aromatic N) is 1. The van der Waals surface area contributed by atoms with Gasteiger partial charge in [0.15, 0.2) is 0 Å². The molecule has 2 N–H and O–H groups in total. The zero-order chi connectivity index (χ0) is 11.4. The zero-order valence-electron chi connectivity index (χ0n) is 8.56. The molecule has 1 unspecified atom stereocenters. The first-order chi connectivity index (χ1) is 7.07. The van der Waals surface area contributed by atoms with E-state index in [0.717, 1.165) is 20.0 Å². The lowest BCUT2D eigenvalue weighted by Gasteiger charge is -2.32. The molecular weight excluding hydrogens is 200 g/mol. The number of carbonyl (C=O) groups is 3. The summed E-state index contributed by atoms with van der Waals surface area (Å²) in [7, 11) is 1.13. The van der Waals surface area contributed by atoms with Crippen LogP contribution in [0.1, 0.15) is 19.3 Å². The topological polar surface area (TPSA) is 89.7 Å². The van der Waals surface area contributed by atoms with Gasteiger partial charge in [-0.25, -0.2) is 4.79 Å². The van der Waals surface area contributed by atoms with Crippen molar-refractivity contribution in [3.8, 4) is 0 Å². The van der Waals surface area contributed by atoms with Crippen molar-refractivity contribution in [1.82, 2.24) is 4.90 Å². The van der Waals surface area contributed by atoms with E-state index < -0.39 is 23.8 Å². The Kier molecular flexibility index (Phi) is 3.65. The predicted octanol–water partition coefficient (Wildman–Crippen LogP) is -0.974. The quantitative estimate of drug-likeness (QED) is 0.449. The summed E-state index contributed by atoms with van der Waals surface area (Å²) in [6, 6.07) is -0.676. The number of rotatable bonds is 1. The van der Waals surface area contributed by atoms with Gasteiger partial charge < -0.3 is 15.4 Å². The van der Waals surface area contributed by atoms with Crippen LogP contribution in [-0.2, 0) is 19.1 Å². The SMILES string of the molecule is COC(=O)C(=O)N1CCCCC1C(N)=O. The van der Waals surface area contributed by atoms with Crippen molar-refractivity contribution in [1.29, 1.82) is 0 Å². The van der Waals surface area contributed by atoms with Crippen molar-refractivity contribution < 1.29 is 19.1 Å². The highest BCUT2D eigenvalue weighted by molar-refractivity contribution is 6.32. The molecule has 1 aliphatic heterocycles. The molecule has 0 aromatic rings. The minimum atomic E-state index is -0.955. The van der Waals surface area contributed by atoms with Crippen LogP contribution < -0.4 is 5.73 Å². The minimum Gasteiger partial charge on any atom is -0.462 e. The maximum atomic E-state index is 11.5. The van der Waals surface area contributed by atoms with Crippen molar-refractivity contribution >= 4 is 17.8 Å². The number of likely N-dealkylation sites (tertiary alicyclic amines) is 1. The number of piperidine rings is 1. The standard InChI is InChI=1S/C9H14N2O4/c1-15-9(14)8(13)11-5-3-2-4-6(11)7(10)12/h6H,2-5H2,1H3,(H2,10,12). The Hall–Kier alpha value is -1.59. The molecule has 1 rings (SSSR count). The molecule has 0 spiro atoms. The number of esters is 1. The van der Waals surface area contributed by atoms with Gasteiger partial charge in [-0.2, -0.15) is 0 Å². The van der Waals surface area contributed by atoms with Crippen LogP contribution in [0, 0.1) is 0 Å². The molecule has 15 heavy (non-hydrogen) atoms. The highest BCUT2D eigenvalue weighted by Gasteiger charge is 2.34. The molecule has 0 aromatic carbocycles. The van der Waals surface area contributed by atoms with E-state index in [4.69, 9.17) is 5.73 Å². The molecule has 1 atom stereocenters. The number of nitrogens with two attached hydrogens (primary N) is 1. The molecule has 1 aliphatic rings. The van der Waals surface area contributed by atoms with Crippen LogP contribution in [0.4, 0.5) is 0 Å². The number of methoxy groups -OCH3 is 1. The van der Waals surface area contributed by atoms with Gasteiger partial charge in [0, 0.05) is 6.54 Å². The van der Waals surface area contributed by atoms with Crippen molar-refractivity contribution in [2.24, 2.45) is 5.73 Å². The lowest BCUT2D eigenvalue weighted by atomic mass is 10.0. The van der Waals surface area contributed by atoms with Gasteiger partial charge in [-0.05, 0) is 19.3 Å². The molecule has 0 bridgehead atoms. The maximum Gasteiger partial charge on any atom is 0.396 e. The number of amides is 2. The van der Waals surface area contributed by atoms with E-state index in [1.54, 1.807) is 0 Å². The highest BCUT2D eigenvalue weighted by Crippen LogP contribution is 2.16. The molecule has 2 amide bonds. The monoisotopic (exact) mass is 214 g/mol. The fourth-order valence-corrected chi connectivity index (χ4v) is 1.68. The van der Waals surface area contributed by atoms with Crippen molar-refractivity contribution in [2.75, 3.05) is 13.7 Å². The lowest BCUT2D eigenvalue weighted by Crippen LogP contribution is -2.52. The van der Waals surface area contributed by atoms with E-state index in [2.05, 4.69) is 4.74 Å². The molecule has 0 saturated carbocycles. The summed E-state index contributed by atoms with van der Waals surface area (Å²) in [6.07, 6.45) is 2.11.